The highest BCUT2D eigenvalue weighted by atomic mass is 35.5. The fourth-order valence-electron chi connectivity index (χ4n) is 2.96. The SMILES string of the molecule is COCCN(C(=O)COC(=O)/C=C/c1cccc(Cl)c1)c1c(N)n(CC(C)C)c(=O)[nH]c1=O. The second kappa shape index (κ2) is 12.0. The molecule has 1 heterocycles. The number of rotatable bonds is 10. The van der Waals surface area contributed by atoms with Crippen molar-refractivity contribution in [2.24, 2.45) is 5.92 Å². The summed E-state index contributed by atoms with van der Waals surface area (Å²) in [6, 6.07) is 6.83. The third-order valence-corrected chi connectivity index (χ3v) is 4.69. The van der Waals surface area contributed by atoms with E-state index < -0.39 is 29.7 Å². The zero-order valence-electron chi connectivity index (χ0n) is 18.7. The Morgan fingerprint density at radius 3 is 2.67 bits per heavy atom. The number of carbonyl (C=O) groups excluding carboxylic acids is 2. The molecular formula is C22H27ClN4O6. The molecule has 1 aromatic carbocycles. The van der Waals surface area contributed by atoms with Crippen molar-refractivity contribution in [2.45, 2.75) is 20.4 Å². The number of hydrogen-bond donors (Lipinski definition) is 2. The van der Waals surface area contributed by atoms with Gasteiger partial charge in [-0.3, -0.25) is 24.0 Å². The van der Waals surface area contributed by atoms with Gasteiger partial charge in [0, 0.05) is 31.3 Å². The van der Waals surface area contributed by atoms with Crippen LogP contribution in [0.5, 0.6) is 0 Å². The zero-order chi connectivity index (χ0) is 24.5. The highest BCUT2D eigenvalue weighted by Crippen LogP contribution is 2.18. The number of amides is 1. The molecule has 1 amide bonds. The molecule has 0 saturated carbocycles. The Morgan fingerprint density at radius 1 is 1.30 bits per heavy atom. The Bertz CT molecular complexity index is 1140. The van der Waals surface area contributed by atoms with Crippen LogP contribution in [0.1, 0.15) is 19.4 Å². The molecule has 0 saturated heterocycles. The highest BCUT2D eigenvalue weighted by Gasteiger charge is 2.25. The highest BCUT2D eigenvalue weighted by molar-refractivity contribution is 6.30. The van der Waals surface area contributed by atoms with E-state index in [0.29, 0.717) is 10.6 Å². The second-order valence-electron chi connectivity index (χ2n) is 7.53. The number of benzene rings is 1. The molecule has 33 heavy (non-hydrogen) atoms. The van der Waals surface area contributed by atoms with Gasteiger partial charge in [-0.15, -0.1) is 0 Å². The quantitative estimate of drug-likeness (QED) is 0.391. The van der Waals surface area contributed by atoms with Crippen molar-refractivity contribution in [3.8, 4) is 0 Å². The van der Waals surface area contributed by atoms with E-state index in [1.807, 2.05) is 13.8 Å². The van der Waals surface area contributed by atoms with Gasteiger partial charge in [-0.2, -0.15) is 0 Å². The van der Waals surface area contributed by atoms with E-state index in [0.717, 1.165) is 11.0 Å². The normalized spacial score (nSPS) is 11.2. The van der Waals surface area contributed by atoms with Gasteiger partial charge in [0.15, 0.2) is 12.3 Å². The van der Waals surface area contributed by atoms with Crippen molar-refractivity contribution >= 4 is 41.1 Å². The smallest absolute Gasteiger partial charge is 0.331 e. The first-order valence-corrected chi connectivity index (χ1v) is 10.5. The van der Waals surface area contributed by atoms with Gasteiger partial charge >= 0.3 is 11.7 Å². The van der Waals surface area contributed by atoms with Crippen molar-refractivity contribution in [2.75, 3.05) is 37.5 Å². The zero-order valence-corrected chi connectivity index (χ0v) is 19.4. The van der Waals surface area contributed by atoms with Crippen LogP contribution in [0, 0.1) is 5.92 Å². The molecular weight excluding hydrogens is 452 g/mol. The molecule has 0 radical (unpaired) electrons. The number of nitrogens with zero attached hydrogens (tertiary/aromatic N) is 2. The number of halogens is 1. The Balaban J connectivity index is 2.23. The largest absolute Gasteiger partial charge is 0.452 e. The Kier molecular flexibility index (Phi) is 9.43. The maximum Gasteiger partial charge on any atom is 0.331 e. The van der Waals surface area contributed by atoms with Crippen LogP contribution in [0.4, 0.5) is 11.5 Å². The first kappa shape index (κ1) is 25.9. The Hall–Kier alpha value is -3.37. The minimum Gasteiger partial charge on any atom is -0.452 e. The van der Waals surface area contributed by atoms with Gasteiger partial charge in [0.1, 0.15) is 5.82 Å². The summed E-state index contributed by atoms with van der Waals surface area (Å²) in [5, 5.41) is 0.510. The number of hydrogen-bond acceptors (Lipinski definition) is 7. The van der Waals surface area contributed by atoms with E-state index in [9.17, 15) is 19.2 Å². The van der Waals surface area contributed by atoms with Crippen LogP contribution < -0.4 is 21.9 Å². The van der Waals surface area contributed by atoms with Gasteiger partial charge in [-0.05, 0) is 29.7 Å². The van der Waals surface area contributed by atoms with E-state index in [1.54, 1.807) is 24.3 Å². The Labute approximate surface area is 195 Å². The van der Waals surface area contributed by atoms with Gasteiger partial charge in [-0.1, -0.05) is 37.6 Å². The lowest BCUT2D eigenvalue weighted by Gasteiger charge is -2.24. The summed E-state index contributed by atoms with van der Waals surface area (Å²) in [5.74, 6) is -1.57. The molecule has 2 aromatic rings. The Morgan fingerprint density at radius 2 is 2.03 bits per heavy atom. The van der Waals surface area contributed by atoms with Crippen molar-refractivity contribution in [3.63, 3.8) is 0 Å². The summed E-state index contributed by atoms with van der Waals surface area (Å²) >= 11 is 5.90. The molecule has 0 fully saturated rings. The molecule has 0 atom stereocenters. The standard InChI is InChI=1S/C22H27ClN4O6/c1-14(2)12-27-20(24)19(21(30)25-22(27)31)26(9-10-32-3)17(28)13-33-18(29)8-7-15-5-4-6-16(23)11-15/h4-8,11,14H,9-10,12-13,24H2,1-3H3,(H,25,30,31)/b8-7+. The number of H-pyrrole nitrogens is 1. The van der Waals surface area contributed by atoms with Crippen LogP contribution >= 0.6 is 11.6 Å². The van der Waals surface area contributed by atoms with Crippen molar-refractivity contribution in [1.29, 1.82) is 0 Å². The predicted molar refractivity (Wildman–Crippen MR) is 126 cm³/mol. The predicted octanol–water partition coefficient (Wildman–Crippen LogP) is 1.66. The van der Waals surface area contributed by atoms with Crippen LogP contribution in [0.15, 0.2) is 39.9 Å². The van der Waals surface area contributed by atoms with Crippen molar-refractivity contribution < 1.29 is 19.1 Å². The number of esters is 1. The number of carbonyl (C=O) groups is 2. The lowest BCUT2D eigenvalue weighted by atomic mass is 10.2. The third-order valence-electron chi connectivity index (χ3n) is 4.45. The summed E-state index contributed by atoms with van der Waals surface area (Å²) in [7, 11) is 1.43. The van der Waals surface area contributed by atoms with Crippen molar-refractivity contribution in [3.05, 3.63) is 61.8 Å². The van der Waals surface area contributed by atoms with Crippen LogP contribution in [-0.2, 0) is 25.6 Å². The number of methoxy groups -OCH3 is 1. The fraction of sp³-hybridized carbons (Fsp3) is 0.364. The second-order valence-corrected chi connectivity index (χ2v) is 7.97. The lowest BCUT2D eigenvalue weighted by molar-refractivity contribution is -0.142. The minimum absolute atomic E-state index is 0.0433. The molecule has 0 aliphatic carbocycles. The summed E-state index contributed by atoms with van der Waals surface area (Å²) < 4.78 is 11.2. The molecule has 0 aliphatic heterocycles. The molecule has 0 unspecified atom stereocenters. The maximum atomic E-state index is 12.9. The minimum atomic E-state index is -0.825. The average molecular weight is 479 g/mol. The van der Waals surface area contributed by atoms with Gasteiger partial charge in [0.25, 0.3) is 11.5 Å². The summed E-state index contributed by atoms with van der Waals surface area (Å²) in [6.45, 7) is 3.38. The molecule has 1 aromatic heterocycles. The summed E-state index contributed by atoms with van der Waals surface area (Å²) in [5.41, 5.74) is 5.08. The topological polar surface area (TPSA) is 137 Å². The lowest BCUT2D eigenvalue weighted by Crippen LogP contribution is -2.44. The third kappa shape index (κ3) is 7.33. The number of nitrogens with one attached hydrogen (secondary N) is 1. The average Bonchev–Trinajstić information content (AvgIpc) is 2.75. The molecule has 178 valence electrons. The maximum absolute atomic E-state index is 12.9. The molecule has 0 spiro atoms. The number of aromatic amines is 1. The van der Waals surface area contributed by atoms with E-state index in [1.165, 1.54) is 17.8 Å². The van der Waals surface area contributed by atoms with Crippen LogP contribution in [0.3, 0.4) is 0 Å². The molecule has 2 rings (SSSR count). The van der Waals surface area contributed by atoms with E-state index >= 15 is 0 Å². The number of nitrogen functional groups attached to an aromatic ring is 1. The molecule has 11 heteroatoms. The van der Waals surface area contributed by atoms with E-state index in [-0.39, 0.29) is 37.1 Å². The number of anilines is 2. The number of ether oxygens (including phenoxy) is 2. The molecule has 0 aliphatic rings. The van der Waals surface area contributed by atoms with E-state index in [4.69, 9.17) is 26.8 Å². The summed E-state index contributed by atoms with van der Waals surface area (Å²) in [6.07, 6.45) is 2.65. The van der Waals surface area contributed by atoms with Crippen LogP contribution in [0.25, 0.3) is 6.08 Å². The number of aromatic nitrogens is 2. The fourth-order valence-corrected chi connectivity index (χ4v) is 3.16. The van der Waals surface area contributed by atoms with Crippen molar-refractivity contribution in [1.82, 2.24) is 9.55 Å². The molecule has 3 N–H and O–H groups in total. The monoisotopic (exact) mass is 478 g/mol. The summed E-state index contributed by atoms with van der Waals surface area (Å²) in [4.78, 5) is 52.8. The van der Waals surface area contributed by atoms with Gasteiger partial charge in [0.05, 0.1) is 6.61 Å². The number of nitrogens with two attached hydrogens (primary N) is 1. The van der Waals surface area contributed by atoms with Gasteiger partial charge < -0.3 is 15.2 Å². The first-order chi connectivity index (χ1) is 15.6. The molecule has 0 bridgehead atoms. The van der Waals surface area contributed by atoms with Crippen LogP contribution in [0.2, 0.25) is 5.02 Å². The van der Waals surface area contributed by atoms with Gasteiger partial charge in [-0.25, -0.2) is 9.59 Å². The van der Waals surface area contributed by atoms with E-state index in [2.05, 4.69) is 4.98 Å². The molecule has 10 nitrogen and oxygen atoms in total. The first-order valence-electron chi connectivity index (χ1n) is 10.2. The van der Waals surface area contributed by atoms with Crippen LogP contribution in [-0.4, -0.2) is 48.3 Å². The van der Waals surface area contributed by atoms with Gasteiger partial charge in [0.2, 0.25) is 0 Å².